The molecule has 0 spiro atoms. The molecule has 12 aromatic heterocycles. The number of halogens is 4. The van der Waals surface area contributed by atoms with Crippen molar-refractivity contribution in [2.75, 3.05) is 76.9 Å². The summed E-state index contributed by atoms with van der Waals surface area (Å²) in [6, 6.07) is 23.4. The molecule has 0 radical (unpaired) electrons. The van der Waals surface area contributed by atoms with Crippen molar-refractivity contribution < 1.29 is 24.4 Å². The molecule has 0 aliphatic carbocycles. The van der Waals surface area contributed by atoms with Gasteiger partial charge in [0, 0.05) is 147 Å². The van der Waals surface area contributed by atoms with E-state index >= 15 is 0 Å². The van der Waals surface area contributed by atoms with Gasteiger partial charge in [0.1, 0.15) is 34.9 Å². The molecule has 0 amide bonds. The van der Waals surface area contributed by atoms with Crippen LogP contribution in [-0.4, -0.2) is 137 Å². The SMILES string of the molecule is Brc1cnn2c(NCc3cccnc3)cc(C3CCNCC3)nc12.CC(C)(O)[C@@H]1CCCN1c1cc(NCc2ccc[n+]([O-])c2)n2ncc(Br)c2n1.[O-][n+]1cccc(CNc2cc(C3CCNCC3)nc3c(Br)cnn23)c1.[O-][n+]1cccc(CNc2cc(N3CCCCC3CCO)nc3c(Br)cnn23)c1. The first-order valence-electron chi connectivity index (χ1n) is 35.3. The zero-order valence-corrected chi connectivity index (χ0v) is 64.5. The molecule has 12 aromatic rings. The fourth-order valence-electron chi connectivity index (χ4n) is 13.8. The monoisotopic (exact) mass is 1680 g/mol. The first-order valence-corrected chi connectivity index (χ1v) is 38.5. The highest BCUT2D eigenvalue weighted by molar-refractivity contribution is 9.11. The van der Waals surface area contributed by atoms with E-state index in [0.717, 1.165) is 215 Å². The first-order chi connectivity index (χ1) is 51.0. The zero-order chi connectivity index (χ0) is 73.0. The Morgan fingerprint density at radius 1 is 0.495 bits per heavy atom. The van der Waals surface area contributed by atoms with Crippen LogP contribution in [0.15, 0.2) is 165 Å². The number of aliphatic hydroxyl groups excluding tert-OH is 1. The van der Waals surface area contributed by atoms with Crippen LogP contribution in [-0.2, 0) is 26.2 Å². The lowest BCUT2D eigenvalue weighted by atomic mass is 9.94. The molecule has 4 aliphatic heterocycles. The quantitative estimate of drug-likeness (QED) is 0.0275. The minimum absolute atomic E-state index is 0.00513. The first kappa shape index (κ1) is 74.3. The van der Waals surface area contributed by atoms with Gasteiger partial charge in [-0.1, -0.05) is 6.07 Å². The Hall–Kier alpha value is -8.96. The van der Waals surface area contributed by atoms with E-state index in [2.05, 4.69) is 149 Å². The lowest BCUT2D eigenvalue weighted by Crippen LogP contribution is -2.46. The third-order valence-electron chi connectivity index (χ3n) is 19.1. The van der Waals surface area contributed by atoms with Gasteiger partial charge in [-0.25, -0.2) is 19.9 Å². The Balaban J connectivity index is 0.000000124. The number of anilines is 6. The molecular formula is C72H84Br4N24O5. The highest BCUT2D eigenvalue weighted by atomic mass is 79.9. The van der Waals surface area contributed by atoms with Gasteiger partial charge < -0.3 is 67.5 Å². The predicted molar refractivity (Wildman–Crippen MR) is 416 cm³/mol. The molecule has 29 nitrogen and oxygen atoms in total. The molecule has 16 heterocycles. The molecule has 1 unspecified atom stereocenters. The molecule has 33 heteroatoms. The van der Waals surface area contributed by atoms with Crippen molar-refractivity contribution in [3.05, 3.63) is 214 Å². The van der Waals surface area contributed by atoms with Crippen molar-refractivity contribution in [2.45, 2.75) is 134 Å². The zero-order valence-electron chi connectivity index (χ0n) is 58.2. The second-order valence-electron chi connectivity index (χ2n) is 26.9. The van der Waals surface area contributed by atoms with Crippen LogP contribution in [0.5, 0.6) is 0 Å². The Morgan fingerprint density at radius 2 is 0.895 bits per heavy atom. The Bertz CT molecular complexity index is 4890. The molecule has 8 N–H and O–H groups in total. The van der Waals surface area contributed by atoms with Crippen LogP contribution in [0.3, 0.4) is 0 Å². The van der Waals surface area contributed by atoms with Crippen LogP contribution in [0.4, 0.5) is 34.9 Å². The summed E-state index contributed by atoms with van der Waals surface area (Å²) in [7, 11) is 0. The van der Waals surface area contributed by atoms with Crippen molar-refractivity contribution in [1.29, 1.82) is 0 Å². The maximum atomic E-state index is 11.5. The number of fused-ring (bicyclic) bond motifs is 4. The Morgan fingerprint density at radius 3 is 1.30 bits per heavy atom. The Kier molecular flexibility index (Phi) is 24.4. The van der Waals surface area contributed by atoms with Gasteiger partial charge in [0.25, 0.3) is 0 Å². The van der Waals surface area contributed by atoms with Crippen LogP contribution in [0, 0.1) is 15.6 Å². The minimum atomic E-state index is -0.818. The number of nitrogens with zero attached hydrogens (tertiary/aromatic N) is 18. The van der Waals surface area contributed by atoms with Crippen LogP contribution < -0.4 is 55.9 Å². The van der Waals surface area contributed by atoms with Crippen molar-refractivity contribution >= 4 is 121 Å². The molecule has 4 aliphatic rings. The van der Waals surface area contributed by atoms with Crippen LogP contribution in [0.1, 0.15) is 124 Å². The molecule has 0 aromatic carbocycles. The molecular weight excluding hydrogens is 1600 g/mol. The van der Waals surface area contributed by atoms with Gasteiger partial charge in [-0.2, -0.15) is 52.6 Å². The van der Waals surface area contributed by atoms with Crippen molar-refractivity contribution in [1.82, 2.24) is 74.0 Å². The number of nitrogens with one attached hydrogen (secondary N) is 6. The van der Waals surface area contributed by atoms with Crippen molar-refractivity contribution in [3.63, 3.8) is 0 Å². The fraction of sp³-hybridized carbons (Fsp3) is 0.389. The largest absolute Gasteiger partial charge is 0.619 e. The van der Waals surface area contributed by atoms with Gasteiger partial charge in [-0.15, -0.1) is 0 Å². The molecule has 550 valence electrons. The van der Waals surface area contributed by atoms with E-state index < -0.39 is 5.60 Å². The number of hydrogen-bond acceptors (Lipinski definition) is 22. The normalized spacial score (nSPS) is 16.5. The van der Waals surface area contributed by atoms with Gasteiger partial charge in [0.15, 0.2) is 59.8 Å². The number of aromatic nitrogens is 16. The van der Waals surface area contributed by atoms with E-state index in [1.165, 1.54) is 31.2 Å². The van der Waals surface area contributed by atoms with E-state index in [9.17, 15) is 25.8 Å². The van der Waals surface area contributed by atoms with E-state index in [1.807, 2.05) is 61.0 Å². The number of aliphatic hydroxyl groups is 2. The van der Waals surface area contributed by atoms with E-state index in [1.54, 1.807) is 75.1 Å². The van der Waals surface area contributed by atoms with Gasteiger partial charge in [-0.05, 0) is 198 Å². The molecule has 0 saturated carbocycles. The van der Waals surface area contributed by atoms with Crippen LogP contribution in [0.2, 0.25) is 0 Å². The standard InChI is InChI=1S/2C19H23BrN6O2.C17H19BrN6O.C17H19BrN6/c1-19(2,27)15-6-4-8-25(15)17-9-16(26-18(23-17)14(20)11-22-26)21-10-13-5-3-7-24(28)12-13;20-16-12-22-26-17(21-11-14-4-3-7-24(28)13-14)10-18(23-19(16)26)25-8-2-1-5-15(25)6-9-27;18-14-10-21-24-16(20-9-12-2-1-7-23(25)11-12)8-15(22-17(14)24)13-3-5-19-6-4-13;18-14-11-22-24-16(21-10-12-2-1-5-20-9-12)8-15(23-17(14)24)13-3-6-19-7-4-13/h3,5,7,9,11-12,15,21,27H,4,6,8,10H2,1-2H3;3-4,7,10,12-13,15,21,27H,1-2,5-6,8-9,11H2;1-2,7-8,10-11,13,19-20H,3-6,9H2;1-2,5,8-9,11,13,19,21H,3-4,6-7,10H2/t15-;;;/m0.../s1. The van der Waals surface area contributed by atoms with Gasteiger partial charge in [0.2, 0.25) is 0 Å². The number of pyridine rings is 4. The molecule has 4 fully saturated rings. The van der Waals surface area contributed by atoms with Crippen LogP contribution >= 0.6 is 63.7 Å². The average Bonchev–Trinajstić information content (AvgIpc) is 1.79. The van der Waals surface area contributed by atoms with E-state index in [-0.39, 0.29) is 18.7 Å². The summed E-state index contributed by atoms with van der Waals surface area (Å²) in [6.45, 7) is 12.0. The summed E-state index contributed by atoms with van der Waals surface area (Å²) in [5.41, 5.74) is 8.31. The minimum Gasteiger partial charge on any atom is -0.619 e. The number of piperidine rings is 3. The lowest BCUT2D eigenvalue weighted by Gasteiger charge is -2.36. The molecule has 0 bridgehead atoms. The summed E-state index contributed by atoms with van der Waals surface area (Å²) in [5, 5.41) is 92.5. The number of hydrogen-bond donors (Lipinski definition) is 8. The second kappa shape index (κ2) is 34.5. The second-order valence-corrected chi connectivity index (χ2v) is 30.4. The predicted octanol–water partition coefficient (Wildman–Crippen LogP) is 10.1. The third kappa shape index (κ3) is 18.5. The van der Waals surface area contributed by atoms with Crippen molar-refractivity contribution in [2.24, 2.45) is 0 Å². The summed E-state index contributed by atoms with van der Waals surface area (Å²) >= 11 is 14.1. The average molecular weight is 1690 g/mol. The third-order valence-corrected chi connectivity index (χ3v) is 21.4. The van der Waals surface area contributed by atoms with Gasteiger partial charge in [0.05, 0.1) is 54.3 Å². The molecule has 4 saturated heterocycles. The Labute approximate surface area is 640 Å². The lowest BCUT2D eigenvalue weighted by molar-refractivity contribution is -0.606. The smallest absolute Gasteiger partial charge is 0.185 e. The van der Waals surface area contributed by atoms with Gasteiger partial charge >= 0.3 is 0 Å². The molecule has 16 rings (SSSR count). The molecule has 105 heavy (non-hydrogen) atoms. The topological polar surface area (TPSA) is 334 Å². The maximum absolute atomic E-state index is 11.5. The highest BCUT2D eigenvalue weighted by Crippen LogP contribution is 2.36. The van der Waals surface area contributed by atoms with E-state index in [0.29, 0.717) is 43.7 Å². The summed E-state index contributed by atoms with van der Waals surface area (Å²) < 4.78 is 12.9. The fourth-order valence-corrected chi connectivity index (χ4v) is 15.2. The number of rotatable bonds is 19. The van der Waals surface area contributed by atoms with E-state index in [4.69, 9.17) is 19.9 Å². The summed E-state index contributed by atoms with van der Waals surface area (Å²) in [6.07, 6.45) is 30.2. The van der Waals surface area contributed by atoms with Crippen LogP contribution in [0.25, 0.3) is 22.6 Å². The summed E-state index contributed by atoms with van der Waals surface area (Å²) in [5.74, 6) is 6.04. The highest BCUT2D eigenvalue weighted by Gasteiger charge is 2.37. The van der Waals surface area contributed by atoms with Crippen molar-refractivity contribution in [3.8, 4) is 0 Å². The summed E-state index contributed by atoms with van der Waals surface area (Å²) in [4.78, 5) is 27.9. The van der Waals surface area contributed by atoms with Gasteiger partial charge in [-0.3, -0.25) is 4.98 Å². The molecule has 2 atom stereocenters. The maximum Gasteiger partial charge on any atom is 0.185 e.